The summed E-state index contributed by atoms with van der Waals surface area (Å²) in [5.74, 6) is 0.706. The van der Waals surface area contributed by atoms with Crippen LogP contribution in [0.5, 0.6) is 0 Å². The number of carbonyl (C=O) groups excluding carboxylic acids is 1. The molecule has 2 aromatic heterocycles. The lowest BCUT2D eigenvalue weighted by Gasteiger charge is -2.28. The zero-order valence-electron chi connectivity index (χ0n) is 12.5. The van der Waals surface area contributed by atoms with Crippen LogP contribution in [-0.4, -0.2) is 37.1 Å². The Morgan fingerprint density at radius 2 is 1.78 bits per heavy atom. The number of fused-ring (bicyclic) bond motifs is 1. The molecule has 0 spiro atoms. The van der Waals surface area contributed by atoms with Crippen LogP contribution in [0.1, 0.15) is 21.5 Å². The highest BCUT2D eigenvalue weighted by Gasteiger charge is 2.21. The van der Waals surface area contributed by atoms with Crippen molar-refractivity contribution in [2.75, 3.05) is 6.54 Å². The van der Waals surface area contributed by atoms with E-state index in [0.29, 0.717) is 17.9 Å². The highest BCUT2D eigenvalue weighted by molar-refractivity contribution is 5.94. The first-order valence-corrected chi connectivity index (χ1v) is 7.48. The van der Waals surface area contributed by atoms with Crippen molar-refractivity contribution < 1.29 is 4.79 Å². The van der Waals surface area contributed by atoms with E-state index >= 15 is 0 Å². The number of hydrogen-bond acceptors (Lipinski definition) is 4. The van der Waals surface area contributed by atoms with E-state index in [1.54, 1.807) is 35.6 Å². The normalized spacial score (nSPS) is 13.7. The summed E-state index contributed by atoms with van der Waals surface area (Å²) in [7, 11) is 0. The van der Waals surface area contributed by atoms with Crippen LogP contribution in [0.25, 0.3) is 5.82 Å². The van der Waals surface area contributed by atoms with Crippen LogP contribution >= 0.6 is 0 Å². The Morgan fingerprint density at radius 3 is 2.52 bits per heavy atom. The molecule has 1 aromatic carbocycles. The maximum Gasteiger partial charge on any atom is 0.255 e. The van der Waals surface area contributed by atoms with Crippen molar-refractivity contribution in [3.05, 3.63) is 71.9 Å². The Hall–Kier alpha value is -3.02. The predicted molar refractivity (Wildman–Crippen MR) is 84.0 cm³/mol. The standard InChI is InChI=1S/C17H15N5O/c23-17(21-8-7-13-3-1-2-4-15(13)10-21)14-5-6-16(18-9-14)22-11-19-20-12-22/h1-6,9,11-12H,7-8,10H2. The number of pyridine rings is 1. The predicted octanol–water partition coefficient (Wildman–Crippen LogP) is 1.86. The number of hydrogen-bond donors (Lipinski definition) is 0. The van der Waals surface area contributed by atoms with Crippen molar-refractivity contribution in [3.63, 3.8) is 0 Å². The van der Waals surface area contributed by atoms with Crippen LogP contribution in [0.15, 0.2) is 55.2 Å². The van der Waals surface area contributed by atoms with Gasteiger partial charge in [-0.05, 0) is 29.7 Å². The van der Waals surface area contributed by atoms with Gasteiger partial charge in [-0.15, -0.1) is 10.2 Å². The first kappa shape index (κ1) is 13.6. The van der Waals surface area contributed by atoms with E-state index in [1.165, 1.54) is 11.1 Å². The van der Waals surface area contributed by atoms with Crippen LogP contribution in [0.3, 0.4) is 0 Å². The lowest BCUT2D eigenvalue weighted by Crippen LogP contribution is -2.36. The van der Waals surface area contributed by atoms with Gasteiger partial charge < -0.3 is 4.90 Å². The third-order valence-electron chi connectivity index (χ3n) is 4.10. The largest absolute Gasteiger partial charge is 0.334 e. The summed E-state index contributed by atoms with van der Waals surface area (Å²) in [6, 6.07) is 11.9. The van der Waals surface area contributed by atoms with E-state index in [2.05, 4.69) is 27.3 Å². The van der Waals surface area contributed by atoms with Crippen LogP contribution in [0.2, 0.25) is 0 Å². The van der Waals surface area contributed by atoms with Crippen molar-refractivity contribution >= 4 is 5.91 Å². The fourth-order valence-corrected chi connectivity index (χ4v) is 2.84. The van der Waals surface area contributed by atoms with Gasteiger partial charge in [0.1, 0.15) is 18.5 Å². The lowest BCUT2D eigenvalue weighted by molar-refractivity contribution is 0.0734. The molecule has 0 fully saturated rings. The van der Waals surface area contributed by atoms with Gasteiger partial charge in [-0.25, -0.2) is 4.98 Å². The Labute approximate surface area is 133 Å². The van der Waals surface area contributed by atoms with Gasteiger partial charge in [-0.2, -0.15) is 0 Å². The summed E-state index contributed by atoms with van der Waals surface area (Å²) in [6.07, 6.45) is 5.66. The van der Waals surface area contributed by atoms with Crippen molar-refractivity contribution in [1.29, 1.82) is 0 Å². The first-order valence-electron chi connectivity index (χ1n) is 7.48. The second kappa shape index (κ2) is 5.64. The molecule has 1 aliphatic heterocycles. The maximum absolute atomic E-state index is 12.7. The molecule has 0 radical (unpaired) electrons. The molecule has 0 saturated heterocycles. The maximum atomic E-state index is 12.7. The molecular weight excluding hydrogens is 290 g/mol. The van der Waals surface area contributed by atoms with Gasteiger partial charge in [-0.3, -0.25) is 9.36 Å². The molecule has 6 heteroatoms. The number of nitrogens with zero attached hydrogens (tertiary/aromatic N) is 5. The monoisotopic (exact) mass is 305 g/mol. The average molecular weight is 305 g/mol. The minimum atomic E-state index is 0.0160. The summed E-state index contributed by atoms with van der Waals surface area (Å²) >= 11 is 0. The van der Waals surface area contributed by atoms with Crippen molar-refractivity contribution in [3.8, 4) is 5.82 Å². The molecule has 6 nitrogen and oxygen atoms in total. The lowest BCUT2D eigenvalue weighted by atomic mass is 9.99. The van der Waals surface area contributed by atoms with Crippen molar-refractivity contribution in [1.82, 2.24) is 24.6 Å². The van der Waals surface area contributed by atoms with Gasteiger partial charge >= 0.3 is 0 Å². The molecule has 0 atom stereocenters. The topological polar surface area (TPSA) is 63.9 Å². The first-order chi connectivity index (χ1) is 11.3. The molecule has 0 N–H and O–H groups in total. The molecule has 3 aromatic rings. The van der Waals surface area contributed by atoms with E-state index in [4.69, 9.17) is 0 Å². The number of benzene rings is 1. The SMILES string of the molecule is O=C(c1ccc(-n2cnnc2)nc1)N1CCc2ccccc2C1. The molecule has 1 amide bonds. The van der Waals surface area contributed by atoms with E-state index in [1.807, 2.05) is 17.0 Å². The molecule has 23 heavy (non-hydrogen) atoms. The van der Waals surface area contributed by atoms with Crippen LogP contribution < -0.4 is 0 Å². The molecule has 0 saturated carbocycles. The van der Waals surface area contributed by atoms with Crippen molar-refractivity contribution in [2.45, 2.75) is 13.0 Å². The molecular formula is C17H15N5O. The zero-order valence-corrected chi connectivity index (χ0v) is 12.5. The van der Waals surface area contributed by atoms with Crippen molar-refractivity contribution in [2.24, 2.45) is 0 Å². The van der Waals surface area contributed by atoms with Gasteiger partial charge in [0.15, 0.2) is 0 Å². The molecule has 114 valence electrons. The van der Waals surface area contributed by atoms with Crippen LogP contribution in [0.4, 0.5) is 0 Å². The fourth-order valence-electron chi connectivity index (χ4n) is 2.84. The molecule has 4 rings (SSSR count). The zero-order chi connectivity index (χ0) is 15.6. The summed E-state index contributed by atoms with van der Waals surface area (Å²) in [6.45, 7) is 1.39. The molecule has 0 aliphatic carbocycles. The van der Waals surface area contributed by atoms with Gasteiger partial charge in [0, 0.05) is 19.3 Å². The minimum Gasteiger partial charge on any atom is -0.334 e. The molecule has 3 heterocycles. The summed E-state index contributed by atoms with van der Waals surface area (Å²) < 4.78 is 1.70. The average Bonchev–Trinajstić information content (AvgIpc) is 3.15. The van der Waals surface area contributed by atoms with E-state index in [9.17, 15) is 4.79 Å². The highest BCUT2D eigenvalue weighted by Crippen LogP contribution is 2.20. The van der Waals surface area contributed by atoms with E-state index in [-0.39, 0.29) is 5.91 Å². The second-order valence-electron chi connectivity index (χ2n) is 5.52. The Morgan fingerprint density at radius 1 is 1.00 bits per heavy atom. The van der Waals surface area contributed by atoms with Crippen LogP contribution in [0, 0.1) is 0 Å². The third kappa shape index (κ3) is 2.59. The van der Waals surface area contributed by atoms with Crippen LogP contribution in [-0.2, 0) is 13.0 Å². The van der Waals surface area contributed by atoms with Gasteiger partial charge in [-0.1, -0.05) is 24.3 Å². The number of amides is 1. The molecule has 0 bridgehead atoms. The fraction of sp³-hybridized carbons (Fsp3) is 0.176. The summed E-state index contributed by atoms with van der Waals surface area (Å²) in [5, 5.41) is 7.50. The quantitative estimate of drug-likeness (QED) is 0.725. The second-order valence-corrected chi connectivity index (χ2v) is 5.52. The molecule has 0 unspecified atom stereocenters. The smallest absolute Gasteiger partial charge is 0.255 e. The van der Waals surface area contributed by atoms with Gasteiger partial charge in [0.05, 0.1) is 5.56 Å². The Bertz CT molecular complexity index is 826. The van der Waals surface area contributed by atoms with Gasteiger partial charge in [0.2, 0.25) is 0 Å². The number of carbonyl (C=O) groups is 1. The van der Waals surface area contributed by atoms with E-state index in [0.717, 1.165) is 13.0 Å². The van der Waals surface area contributed by atoms with Gasteiger partial charge in [0.25, 0.3) is 5.91 Å². The number of aromatic nitrogens is 4. The molecule has 1 aliphatic rings. The third-order valence-corrected chi connectivity index (χ3v) is 4.10. The Balaban J connectivity index is 1.53. The summed E-state index contributed by atoms with van der Waals surface area (Å²) in [4.78, 5) is 18.9. The summed E-state index contributed by atoms with van der Waals surface area (Å²) in [5.41, 5.74) is 3.15. The number of rotatable bonds is 2. The minimum absolute atomic E-state index is 0.0160. The highest BCUT2D eigenvalue weighted by atomic mass is 16.2. The Kier molecular flexibility index (Phi) is 3.34. The van der Waals surface area contributed by atoms with E-state index < -0.39 is 0 Å².